The first-order valence-electron chi connectivity index (χ1n) is 5.95. The van der Waals surface area contributed by atoms with Gasteiger partial charge < -0.3 is 5.32 Å². The van der Waals surface area contributed by atoms with Gasteiger partial charge in [-0.05, 0) is 25.7 Å². The van der Waals surface area contributed by atoms with Crippen LogP contribution in [0.2, 0.25) is 0 Å². The molecule has 0 aromatic rings. The molecule has 1 aliphatic heterocycles. The average Bonchev–Trinajstić information content (AvgIpc) is 2.26. The third-order valence-electron chi connectivity index (χ3n) is 3.71. The first-order valence-corrected chi connectivity index (χ1v) is 7.00. The second-order valence-electron chi connectivity index (χ2n) is 4.80. The Hall–Kier alpha value is 0.1000. The lowest BCUT2D eigenvalue weighted by atomic mass is 9.84. The summed E-state index contributed by atoms with van der Waals surface area (Å²) in [6.45, 7) is 2.12. The molecule has 94 valence electrons. The number of alkyl halides is 3. The lowest BCUT2D eigenvalue weighted by Gasteiger charge is -2.42. The van der Waals surface area contributed by atoms with Crippen molar-refractivity contribution in [2.24, 2.45) is 5.92 Å². The van der Waals surface area contributed by atoms with Gasteiger partial charge in [0.1, 0.15) is 0 Å². The highest BCUT2D eigenvalue weighted by Gasteiger charge is 2.46. The molecule has 2 fully saturated rings. The first kappa shape index (κ1) is 12.6. The SMILES string of the molecule is CCC1CSC2CC(C(F)(F)F)CCC2N1. The van der Waals surface area contributed by atoms with E-state index in [-0.39, 0.29) is 5.25 Å². The fourth-order valence-electron chi connectivity index (χ4n) is 2.63. The standard InChI is InChI=1S/C11H18F3NS/c1-2-8-6-16-10-5-7(11(12,13)14)3-4-9(10)15-8/h7-10,15H,2-6H2,1H3. The molecular weight excluding hydrogens is 235 g/mol. The van der Waals surface area contributed by atoms with E-state index in [9.17, 15) is 13.2 Å². The zero-order chi connectivity index (χ0) is 11.8. The highest BCUT2D eigenvalue weighted by molar-refractivity contribution is 8.00. The number of thioether (sulfide) groups is 1. The van der Waals surface area contributed by atoms with Gasteiger partial charge in [-0.15, -0.1) is 0 Å². The van der Waals surface area contributed by atoms with Crippen LogP contribution in [0.5, 0.6) is 0 Å². The molecule has 4 atom stereocenters. The molecule has 1 nitrogen and oxygen atoms in total. The van der Waals surface area contributed by atoms with Crippen LogP contribution in [0.25, 0.3) is 0 Å². The minimum Gasteiger partial charge on any atom is -0.309 e. The van der Waals surface area contributed by atoms with E-state index in [4.69, 9.17) is 0 Å². The Morgan fingerprint density at radius 1 is 1.31 bits per heavy atom. The van der Waals surface area contributed by atoms with Crippen LogP contribution in [0.3, 0.4) is 0 Å². The van der Waals surface area contributed by atoms with Gasteiger partial charge in [0, 0.05) is 23.1 Å². The second-order valence-corrected chi connectivity index (χ2v) is 6.07. The summed E-state index contributed by atoms with van der Waals surface area (Å²) in [5.74, 6) is -0.108. The average molecular weight is 253 g/mol. The molecule has 1 heterocycles. The van der Waals surface area contributed by atoms with Gasteiger partial charge in [0.25, 0.3) is 0 Å². The summed E-state index contributed by atoms with van der Waals surface area (Å²) in [6.07, 6.45) is -1.64. The maximum absolute atomic E-state index is 12.6. The molecule has 4 unspecified atom stereocenters. The molecule has 16 heavy (non-hydrogen) atoms. The molecule has 0 radical (unpaired) electrons. The van der Waals surface area contributed by atoms with Crippen LogP contribution in [0, 0.1) is 5.92 Å². The van der Waals surface area contributed by atoms with Gasteiger partial charge in [-0.3, -0.25) is 0 Å². The monoisotopic (exact) mass is 253 g/mol. The number of fused-ring (bicyclic) bond motifs is 1. The summed E-state index contributed by atoms with van der Waals surface area (Å²) in [4.78, 5) is 0. The summed E-state index contributed by atoms with van der Waals surface area (Å²) < 4.78 is 37.8. The molecule has 0 aromatic carbocycles. The number of hydrogen-bond donors (Lipinski definition) is 1. The molecular formula is C11H18F3NS. The summed E-state index contributed by atoms with van der Waals surface area (Å²) in [7, 11) is 0. The van der Waals surface area contributed by atoms with E-state index >= 15 is 0 Å². The Morgan fingerprint density at radius 2 is 2.06 bits per heavy atom. The number of halogens is 3. The molecule has 1 aliphatic carbocycles. The predicted octanol–water partition coefficient (Wildman–Crippen LogP) is 3.20. The van der Waals surface area contributed by atoms with Crippen molar-refractivity contribution in [3.05, 3.63) is 0 Å². The normalized spacial score (nSPS) is 40.5. The number of nitrogens with one attached hydrogen (secondary N) is 1. The van der Waals surface area contributed by atoms with E-state index in [1.54, 1.807) is 11.8 Å². The fourth-order valence-corrected chi connectivity index (χ4v) is 4.25. The predicted molar refractivity (Wildman–Crippen MR) is 60.6 cm³/mol. The van der Waals surface area contributed by atoms with Crippen LogP contribution in [-0.4, -0.2) is 29.3 Å². The van der Waals surface area contributed by atoms with Gasteiger partial charge in [-0.25, -0.2) is 0 Å². The van der Waals surface area contributed by atoms with Crippen LogP contribution >= 0.6 is 11.8 Å². The summed E-state index contributed by atoms with van der Waals surface area (Å²) in [5.41, 5.74) is 0. The molecule has 1 saturated carbocycles. The molecule has 2 rings (SSSR count). The lowest BCUT2D eigenvalue weighted by Crippen LogP contribution is -2.53. The highest BCUT2D eigenvalue weighted by Crippen LogP contribution is 2.42. The Bertz CT molecular complexity index is 244. The van der Waals surface area contributed by atoms with Crippen molar-refractivity contribution in [3.8, 4) is 0 Å². The van der Waals surface area contributed by atoms with Gasteiger partial charge in [0.2, 0.25) is 0 Å². The van der Waals surface area contributed by atoms with Crippen molar-refractivity contribution >= 4 is 11.8 Å². The van der Waals surface area contributed by atoms with Crippen molar-refractivity contribution in [1.82, 2.24) is 5.32 Å². The van der Waals surface area contributed by atoms with Gasteiger partial charge in [0.15, 0.2) is 0 Å². The van der Waals surface area contributed by atoms with E-state index in [0.29, 0.717) is 31.3 Å². The van der Waals surface area contributed by atoms with Crippen LogP contribution in [0.4, 0.5) is 13.2 Å². The molecule has 5 heteroatoms. The van der Waals surface area contributed by atoms with Crippen LogP contribution in [0.1, 0.15) is 32.6 Å². The van der Waals surface area contributed by atoms with E-state index in [1.807, 2.05) is 0 Å². The van der Waals surface area contributed by atoms with Crippen LogP contribution in [0.15, 0.2) is 0 Å². The molecule has 1 saturated heterocycles. The summed E-state index contributed by atoms with van der Waals surface area (Å²) >= 11 is 1.74. The first-order chi connectivity index (χ1) is 7.50. The van der Waals surface area contributed by atoms with Gasteiger partial charge in [-0.1, -0.05) is 6.92 Å². The van der Waals surface area contributed by atoms with Gasteiger partial charge >= 0.3 is 6.18 Å². The highest BCUT2D eigenvalue weighted by atomic mass is 32.2. The number of hydrogen-bond acceptors (Lipinski definition) is 2. The Balaban J connectivity index is 1.93. The molecule has 0 bridgehead atoms. The van der Waals surface area contributed by atoms with E-state index in [2.05, 4.69) is 12.2 Å². The Kier molecular flexibility index (Phi) is 3.74. The van der Waals surface area contributed by atoms with Crippen molar-refractivity contribution in [2.75, 3.05) is 5.75 Å². The summed E-state index contributed by atoms with van der Waals surface area (Å²) in [6, 6.07) is 0.802. The van der Waals surface area contributed by atoms with E-state index in [1.165, 1.54) is 0 Å². The van der Waals surface area contributed by atoms with Gasteiger partial charge in [-0.2, -0.15) is 24.9 Å². The molecule has 2 aliphatic rings. The molecule has 0 amide bonds. The van der Waals surface area contributed by atoms with Crippen LogP contribution in [-0.2, 0) is 0 Å². The Labute approximate surface area is 98.5 Å². The largest absolute Gasteiger partial charge is 0.391 e. The van der Waals surface area contributed by atoms with E-state index in [0.717, 1.165) is 12.2 Å². The second kappa shape index (κ2) is 4.77. The van der Waals surface area contributed by atoms with Crippen molar-refractivity contribution in [1.29, 1.82) is 0 Å². The van der Waals surface area contributed by atoms with Gasteiger partial charge in [0.05, 0.1) is 5.92 Å². The molecule has 1 N–H and O–H groups in total. The maximum Gasteiger partial charge on any atom is 0.391 e. The third kappa shape index (κ3) is 2.67. The van der Waals surface area contributed by atoms with Crippen LogP contribution < -0.4 is 5.32 Å². The Morgan fingerprint density at radius 3 is 2.69 bits per heavy atom. The lowest BCUT2D eigenvalue weighted by molar-refractivity contribution is -0.182. The third-order valence-corrected chi connectivity index (χ3v) is 5.25. The maximum atomic E-state index is 12.6. The fraction of sp³-hybridized carbons (Fsp3) is 1.00. The zero-order valence-corrected chi connectivity index (χ0v) is 10.2. The van der Waals surface area contributed by atoms with Crippen molar-refractivity contribution in [3.63, 3.8) is 0 Å². The number of rotatable bonds is 1. The molecule has 0 aromatic heterocycles. The van der Waals surface area contributed by atoms with Crippen molar-refractivity contribution in [2.45, 2.75) is 56.1 Å². The topological polar surface area (TPSA) is 12.0 Å². The quantitative estimate of drug-likeness (QED) is 0.770. The summed E-state index contributed by atoms with van der Waals surface area (Å²) in [5, 5.41) is 3.66. The smallest absolute Gasteiger partial charge is 0.309 e. The zero-order valence-electron chi connectivity index (χ0n) is 9.39. The minimum absolute atomic E-state index is 0.170. The minimum atomic E-state index is -3.99. The van der Waals surface area contributed by atoms with E-state index < -0.39 is 12.1 Å². The molecule has 0 spiro atoms. The van der Waals surface area contributed by atoms with Crippen molar-refractivity contribution < 1.29 is 13.2 Å².